The molecule has 0 bridgehead atoms. The molecule has 35 heavy (non-hydrogen) atoms. The van der Waals surface area contributed by atoms with E-state index in [9.17, 15) is 22.4 Å². The largest absolute Gasteiger partial charge is 0.357 e. The highest BCUT2D eigenvalue weighted by atomic mass is 32.2. The predicted molar refractivity (Wildman–Crippen MR) is 133 cm³/mol. The summed E-state index contributed by atoms with van der Waals surface area (Å²) >= 11 is 0. The van der Waals surface area contributed by atoms with E-state index in [1.807, 2.05) is 0 Å². The van der Waals surface area contributed by atoms with Crippen LogP contribution in [0, 0.1) is 12.7 Å². The fraction of sp³-hybridized carbons (Fsp3) is 0.231. The highest BCUT2D eigenvalue weighted by Gasteiger charge is 2.33. The van der Waals surface area contributed by atoms with Gasteiger partial charge in [-0.15, -0.1) is 0 Å². The molecule has 0 aliphatic carbocycles. The third-order valence-electron chi connectivity index (χ3n) is 5.71. The molecule has 184 valence electrons. The highest BCUT2D eigenvalue weighted by Crippen LogP contribution is 2.27. The Morgan fingerprint density at radius 3 is 2.17 bits per heavy atom. The second-order valence-corrected chi connectivity index (χ2v) is 9.88. The molecule has 3 aromatic rings. The number of hydrogen-bond acceptors (Lipinski definition) is 4. The Bertz CT molecular complexity index is 1300. The van der Waals surface area contributed by atoms with Crippen LogP contribution in [0.15, 0.2) is 83.8 Å². The lowest BCUT2D eigenvalue weighted by Gasteiger charge is -2.32. The molecular formula is C26H28FN3O4S. The van der Waals surface area contributed by atoms with Gasteiger partial charge in [0.2, 0.25) is 11.8 Å². The quantitative estimate of drug-likeness (QED) is 0.490. The summed E-state index contributed by atoms with van der Waals surface area (Å²) in [4.78, 5) is 27.2. The average molecular weight is 498 g/mol. The molecule has 3 aromatic carbocycles. The van der Waals surface area contributed by atoms with E-state index < -0.39 is 40.2 Å². The van der Waals surface area contributed by atoms with Crippen LogP contribution in [0.5, 0.6) is 0 Å². The fourth-order valence-electron chi connectivity index (χ4n) is 3.68. The van der Waals surface area contributed by atoms with Gasteiger partial charge in [-0.25, -0.2) is 12.8 Å². The molecule has 7 nitrogen and oxygen atoms in total. The van der Waals surface area contributed by atoms with E-state index >= 15 is 0 Å². The van der Waals surface area contributed by atoms with Crippen LogP contribution in [0.2, 0.25) is 0 Å². The van der Waals surface area contributed by atoms with Crippen molar-refractivity contribution in [3.63, 3.8) is 0 Å². The van der Waals surface area contributed by atoms with Crippen molar-refractivity contribution in [3.05, 3.63) is 95.8 Å². The standard InChI is InChI=1S/C26H28FN3O4S/c1-19-11-7-10-16-24(19)30(35(33,34)22-13-5-4-6-14-22)18-25(31)29(20(2)26(32)28-3)17-21-12-8-9-15-23(21)27/h4-16,20H,17-18H2,1-3H3,(H,28,32). The number of carbonyl (C=O) groups excluding carboxylic acids is 2. The Hall–Kier alpha value is -3.72. The van der Waals surface area contributed by atoms with Crippen LogP contribution in [0.3, 0.4) is 0 Å². The van der Waals surface area contributed by atoms with Crippen molar-refractivity contribution < 1.29 is 22.4 Å². The molecule has 1 atom stereocenters. The van der Waals surface area contributed by atoms with Gasteiger partial charge in [-0.2, -0.15) is 0 Å². The van der Waals surface area contributed by atoms with Gasteiger partial charge in [-0.1, -0.05) is 54.6 Å². The maximum absolute atomic E-state index is 14.4. The van der Waals surface area contributed by atoms with Crippen LogP contribution in [0.25, 0.3) is 0 Å². The van der Waals surface area contributed by atoms with E-state index in [2.05, 4.69) is 5.32 Å². The first-order valence-electron chi connectivity index (χ1n) is 11.0. The summed E-state index contributed by atoms with van der Waals surface area (Å²) < 4.78 is 42.7. The van der Waals surface area contributed by atoms with Gasteiger partial charge in [0.05, 0.1) is 10.6 Å². The van der Waals surface area contributed by atoms with Gasteiger partial charge in [-0.05, 0) is 43.7 Å². The zero-order chi connectivity index (χ0) is 25.6. The van der Waals surface area contributed by atoms with Gasteiger partial charge in [0.25, 0.3) is 10.0 Å². The van der Waals surface area contributed by atoms with Crippen molar-refractivity contribution in [1.82, 2.24) is 10.2 Å². The lowest BCUT2D eigenvalue weighted by molar-refractivity contribution is -0.139. The monoisotopic (exact) mass is 497 g/mol. The molecule has 0 heterocycles. The van der Waals surface area contributed by atoms with E-state index in [1.54, 1.807) is 55.5 Å². The molecule has 0 saturated heterocycles. The van der Waals surface area contributed by atoms with Gasteiger partial charge in [-0.3, -0.25) is 13.9 Å². The number of amides is 2. The summed E-state index contributed by atoms with van der Waals surface area (Å²) in [7, 11) is -2.69. The minimum atomic E-state index is -4.13. The van der Waals surface area contributed by atoms with E-state index in [1.165, 1.54) is 49.2 Å². The van der Waals surface area contributed by atoms with E-state index in [-0.39, 0.29) is 17.0 Å². The summed E-state index contributed by atoms with van der Waals surface area (Å²) in [5.74, 6) is -1.63. The maximum atomic E-state index is 14.4. The molecule has 9 heteroatoms. The van der Waals surface area contributed by atoms with E-state index in [4.69, 9.17) is 0 Å². The first kappa shape index (κ1) is 25.9. The number of benzene rings is 3. The number of nitrogens with zero attached hydrogens (tertiary/aromatic N) is 2. The molecule has 1 N–H and O–H groups in total. The van der Waals surface area contributed by atoms with Crippen molar-refractivity contribution in [1.29, 1.82) is 0 Å². The summed E-state index contributed by atoms with van der Waals surface area (Å²) in [5, 5.41) is 2.49. The molecule has 0 spiro atoms. The van der Waals surface area contributed by atoms with Crippen LogP contribution in [-0.4, -0.2) is 44.8 Å². The van der Waals surface area contributed by atoms with Crippen LogP contribution in [0.4, 0.5) is 10.1 Å². The molecular weight excluding hydrogens is 469 g/mol. The third-order valence-corrected chi connectivity index (χ3v) is 7.48. The van der Waals surface area contributed by atoms with Crippen LogP contribution < -0.4 is 9.62 Å². The van der Waals surface area contributed by atoms with Crippen LogP contribution >= 0.6 is 0 Å². The summed E-state index contributed by atoms with van der Waals surface area (Å²) in [6, 6.07) is 19.6. The zero-order valence-corrected chi connectivity index (χ0v) is 20.6. The number of hydrogen-bond donors (Lipinski definition) is 1. The third kappa shape index (κ3) is 5.86. The zero-order valence-electron chi connectivity index (χ0n) is 19.8. The average Bonchev–Trinajstić information content (AvgIpc) is 2.86. The van der Waals surface area contributed by atoms with Crippen molar-refractivity contribution in [2.24, 2.45) is 0 Å². The number of aryl methyl sites for hydroxylation is 1. The molecule has 0 saturated carbocycles. The second-order valence-electron chi connectivity index (χ2n) is 8.01. The molecule has 2 amide bonds. The summed E-state index contributed by atoms with van der Waals surface area (Å²) in [6.07, 6.45) is 0. The molecule has 3 rings (SSSR count). The van der Waals surface area contributed by atoms with Gasteiger partial charge in [0.1, 0.15) is 18.4 Å². The van der Waals surface area contributed by atoms with Crippen molar-refractivity contribution in [2.45, 2.75) is 31.3 Å². The lowest BCUT2D eigenvalue weighted by atomic mass is 10.1. The van der Waals surface area contributed by atoms with Gasteiger partial charge in [0.15, 0.2) is 0 Å². The molecule has 0 aliphatic rings. The molecule has 0 aromatic heterocycles. The number of anilines is 1. The predicted octanol–water partition coefficient (Wildman–Crippen LogP) is 3.49. The summed E-state index contributed by atoms with van der Waals surface area (Å²) in [5.41, 5.74) is 1.20. The second kappa shape index (κ2) is 11.1. The Balaban J connectivity index is 2.05. The number of nitrogens with one attached hydrogen (secondary N) is 1. The number of rotatable bonds is 9. The number of likely N-dealkylation sites (N-methyl/N-ethyl adjacent to an activating group) is 1. The number of halogens is 1. The Kier molecular flexibility index (Phi) is 8.24. The van der Waals surface area contributed by atoms with Crippen LogP contribution in [-0.2, 0) is 26.2 Å². The van der Waals surface area contributed by atoms with E-state index in [0.717, 1.165) is 4.31 Å². The molecule has 0 aliphatic heterocycles. The topological polar surface area (TPSA) is 86.8 Å². The smallest absolute Gasteiger partial charge is 0.264 e. The van der Waals surface area contributed by atoms with Gasteiger partial charge < -0.3 is 10.2 Å². The lowest BCUT2D eigenvalue weighted by Crippen LogP contribution is -2.51. The highest BCUT2D eigenvalue weighted by molar-refractivity contribution is 7.92. The Morgan fingerprint density at radius 1 is 0.943 bits per heavy atom. The maximum Gasteiger partial charge on any atom is 0.264 e. The fourth-order valence-corrected chi connectivity index (χ4v) is 5.18. The first-order chi connectivity index (χ1) is 16.7. The van der Waals surface area contributed by atoms with Crippen molar-refractivity contribution >= 4 is 27.5 Å². The minimum Gasteiger partial charge on any atom is -0.357 e. The van der Waals surface area contributed by atoms with Crippen LogP contribution in [0.1, 0.15) is 18.1 Å². The molecule has 0 fully saturated rings. The summed E-state index contributed by atoms with van der Waals surface area (Å²) in [6.45, 7) is 2.49. The normalized spacial score (nSPS) is 12.0. The molecule has 1 unspecified atom stereocenters. The molecule has 0 radical (unpaired) electrons. The number of carbonyl (C=O) groups is 2. The first-order valence-corrected chi connectivity index (χ1v) is 12.5. The number of sulfonamides is 1. The van der Waals surface area contributed by atoms with Gasteiger partial charge >= 0.3 is 0 Å². The van der Waals surface area contributed by atoms with Crippen molar-refractivity contribution in [2.75, 3.05) is 17.9 Å². The SMILES string of the molecule is CNC(=O)C(C)N(Cc1ccccc1F)C(=O)CN(c1ccccc1C)S(=O)(=O)c1ccccc1. The number of para-hydroxylation sites is 1. The minimum absolute atomic E-state index is 0.0241. The Morgan fingerprint density at radius 2 is 1.54 bits per heavy atom. The van der Waals surface area contributed by atoms with Gasteiger partial charge in [0, 0.05) is 19.2 Å². The van der Waals surface area contributed by atoms with E-state index in [0.29, 0.717) is 11.3 Å². The Labute approximate surface area is 205 Å². The van der Waals surface area contributed by atoms with Crippen molar-refractivity contribution in [3.8, 4) is 0 Å².